The van der Waals surface area contributed by atoms with Crippen molar-refractivity contribution in [1.29, 1.82) is 0 Å². The molecule has 10 N–H and O–H groups in total. The van der Waals surface area contributed by atoms with Gasteiger partial charge in [0.05, 0.1) is 19.4 Å². The molecular formula is C31H30ClN15O2. The Hall–Kier alpha value is -6.75. The fourth-order valence-electron chi connectivity index (χ4n) is 5.13. The van der Waals surface area contributed by atoms with Crippen molar-refractivity contribution in [3.63, 3.8) is 0 Å². The molecule has 18 heteroatoms. The van der Waals surface area contributed by atoms with Crippen molar-refractivity contribution >= 4 is 63.7 Å². The number of fused-ring (bicyclic) bond motifs is 2. The maximum Gasteiger partial charge on any atom is 0.222 e. The largest absolute Gasteiger partial charge is 0.463 e. The van der Waals surface area contributed by atoms with Crippen molar-refractivity contribution in [1.82, 2.24) is 49.9 Å². The van der Waals surface area contributed by atoms with Crippen molar-refractivity contribution in [2.75, 3.05) is 28.7 Å². The summed E-state index contributed by atoms with van der Waals surface area (Å²) in [6, 6.07) is 20.1. The van der Waals surface area contributed by atoms with E-state index >= 15 is 0 Å². The molecule has 8 aromatic rings. The van der Waals surface area contributed by atoms with Gasteiger partial charge in [0, 0.05) is 17.1 Å². The fourth-order valence-corrected chi connectivity index (χ4v) is 5.13. The first-order valence-corrected chi connectivity index (χ1v) is 14.5. The van der Waals surface area contributed by atoms with E-state index < -0.39 is 0 Å². The SMILES string of the molecule is Cc1ccc(-c2nc(N)nc3c2nnn3Cc2ccccc2N)o1.Cl.Nc1cc(N)cc(Cn2nnc3c(-c4ccco4)nc(N)nc32)c1. The molecular weight excluding hydrogens is 650 g/mol. The van der Waals surface area contributed by atoms with Gasteiger partial charge in [0.25, 0.3) is 0 Å². The summed E-state index contributed by atoms with van der Waals surface area (Å²) in [4.78, 5) is 17.0. The Labute approximate surface area is 283 Å². The van der Waals surface area contributed by atoms with Crippen LogP contribution in [0.3, 0.4) is 0 Å². The zero-order valence-electron chi connectivity index (χ0n) is 25.9. The Morgan fingerprint density at radius 1 is 0.653 bits per heavy atom. The maximum atomic E-state index is 6.00. The number of furan rings is 2. The van der Waals surface area contributed by atoms with Gasteiger partial charge in [0.2, 0.25) is 11.9 Å². The number of hydrogen-bond acceptors (Lipinski definition) is 15. The zero-order chi connectivity index (χ0) is 33.4. The second-order valence-corrected chi connectivity index (χ2v) is 10.8. The number of halogens is 1. The van der Waals surface area contributed by atoms with Gasteiger partial charge in [-0.1, -0.05) is 28.6 Å². The number of para-hydroxylation sites is 1. The zero-order valence-corrected chi connectivity index (χ0v) is 26.7. The number of nitrogens with two attached hydrogens (primary N) is 5. The summed E-state index contributed by atoms with van der Waals surface area (Å²) in [7, 11) is 0. The molecule has 0 spiro atoms. The number of nitrogen functional groups attached to an aromatic ring is 5. The van der Waals surface area contributed by atoms with E-state index in [4.69, 9.17) is 37.5 Å². The van der Waals surface area contributed by atoms with Crippen LogP contribution >= 0.6 is 12.4 Å². The van der Waals surface area contributed by atoms with Crippen molar-refractivity contribution < 1.29 is 8.83 Å². The van der Waals surface area contributed by atoms with Crippen LogP contribution in [0.2, 0.25) is 0 Å². The molecule has 0 unspecified atom stereocenters. The highest BCUT2D eigenvalue weighted by Crippen LogP contribution is 2.28. The van der Waals surface area contributed by atoms with Crippen LogP contribution in [0.15, 0.2) is 81.8 Å². The second-order valence-electron chi connectivity index (χ2n) is 10.8. The lowest BCUT2D eigenvalue weighted by atomic mass is 10.2. The molecule has 248 valence electrons. The monoisotopic (exact) mass is 679 g/mol. The normalized spacial score (nSPS) is 11.0. The lowest BCUT2D eigenvalue weighted by molar-refractivity contribution is 0.547. The van der Waals surface area contributed by atoms with Gasteiger partial charge in [-0.3, -0.25) is 0 Å². The van der Waals surface area contributed by atoms with E-state index in [1.54, 1.807) is 33.8 Å². The molecule has 0 saturated carbocycles. The predicted octanol–water partition coefficient (Wildman–Crippen LogP) is 3.70. The Morgan fingerprint density at radius 2 is 1.27 bits per heavy atom. The first-order chi connectivity index (χ1) is 23.2. The Kier molecular flexibility index (Phi) is 8.65. The Bertz CT molecular complexity index is 2380. The maximum absolute atomic E-state index is 6.00. The highest BCUT2D eigenvalue weighted by molar-refractivity contribution is 5.87. The first kappa shape index (κ1) is 32.2. The molecule has 0 radical (unpaired) electrons. The smallest absolute Gasteiger partial charge is 0.222 e. The summed E-state index contributed by atoms with van der Waals surface area (Å²) in [6.45, 7) is 2.70. The number of aromatic nitrogens is 10. The van der Waals surface area contributed by atoms with Gasteiger partial charge in [0.15, 0.2) is 33.8 Å². The van der Waals surface area contributed by atoms with Crippen LogP contribution in [0, 0.1) is 6.92 Å². The minimum atomic E-state index is 0. The minimum absolute atomic E-state index is 0. The van der Waals surface area contributed by atoms with Gasteiger partial charge in [-0.2, -0.15) is 9.97 Å². The molecule has 0 saturated heterocycles. The van der Waals surface area contributed by atoms with E-state index in [1.165, 1.54) is 0 Å². The van der Waals surface area contributed by atoms with Crippen LogP contribution in [-0.2, 0) is 13.1 Å². The average Bonchev–Trinajstić information content (AvgIpc) is 3.87. The number of nitrogens with zero attached hydrogens (tertiary/aromatic N) is 10. The molecule has 6 heterocycles. The van der Waals surface area contributed by atoms with E-state index in [9.17, 15) is 0 Å². The van der Waals surface area contributed by atoms with Gasteiger partial charge in [-0.25, -0.2) is 19.3 Å². The van der Waals surface area contributed by atoms with Crippen molar-refractivity contribution in [2.24, 2.45) is 0 Å². The summed E-state index contributed by atoms with van der Waals surface area (Å²) >= 11 is 0. The van der Waals surface area contributed by atoms with E-state index in [2.05, 4.69) is 40.6 Å². The second kappa shape index (κ2) is 13.2. The van der Waals surface area contributed by atoms with Gasteiger partial charge < -0.3 is 37.5 Å². The van der Waals surface area contributed by atoms with E-state index in [1.807, 2.05) is 55.5 Å². The topological polar surface area (TPSA) is 269 Å². The molecule has 49 heavy (non-hydrogen) atoms. The fraction of sp³-hybridized carbons (Fsp3) is 0.0968. The van der Waals surface area contributed by atoms with Crippen LogP contribution in [0.1, 0.15) is 16.9 Å². The molecule has 0 aliphatic carbocycles. The summed E-state index contributed by atoms with van der Waals surface area (Å²) in [5.41, 5.74) is 36.1. The molecule has 2 aromatic carbocycles. The molecule has 0 atom stereocenters. The van der Waals surface area contributed by atoms with E-state index in [0.717, 1.165) is 16.9 Å². The molecule has 0 bridgehead atoms. The third-order valence-electron chi connectivity index (χ3n) is 7.23. The van der Waals surface area contributed by atoms with Crippen molar-refractivity contribution in [3.05, 3.63) is 89.9 Å². The average molecular weight is 680 g/mol. The van der Waals surface area contributed by atoms with Gasteiger partial charge in [-0.05, 0) is 66.6 Å². The standard InChI is InChI=1S/C16H15N7O.C15H14N8O.ClH/c1-9-6-7-12(24-9)13-14-15(20-16(18)19-13)23(22-21-14)8-10-4-2-3-5-11(10)17;16-9-4-8(5-10(17)6-9)7-23-14-13(21-22-23)12(19-15(18)20-14)11-2-1-3-24-11;/h2-7H,8,17H2,1H3,(H2,18,19,20);1-6H,7,16-17H2,(H2,18,19,20);1H. The summed E-state index contributed by atoms with van der Waals surface area (Å²) in [6.07, 6.45) is 1.55. The molecule has 0 aliphatic heterocycles. The molecule has 0 fully saturated rings. The van der Waals surface area contributed by atoms with Gasteiger partial charge in [0.1, 0.15) is 17.1 Å². The van der Waals surface area contributed by atoms with Crippen molar-refractivity contribution in [2.45, 2.75) is 20.0 Å². The third-order valence-corrected chi connectivity index (χ3v) is 7.23. The number of aryl methyl sites for hydroxylation is 1. The van der Waals surface area contributed by atoms with E-state index in [-0.39, 0.29) is 24.3 Å². The lowest BCUT2D eigenvalue weighted by Crippen LogP contribution is -2.06. The molecule has 6 aromatic heterocycles. The Balaban J connectivity index is 0.000000167. The lowest BCUT2D eigenvalue weighted by Gasteiger charge is -2.06. The third kappa shape index (κ3) is 6.58. The van der Waals surface area contributed by atoms with Crippen LogP contribution < -0.4 is 28.7 Å². The molecule has 0 aliphatic rings. The van der Waals surface area contributed by atoms with Crippen LogP contribution in [-0.4, -0.2) is 49.9 Å². The van der Waals surface area contributed by atoms with Crippen LogP contribution in [0.5, 0.6) is 0 Å². The minimum Gasteiger partial charge on any atom is -0.463 e. The summed E-state index contributed by atoms with van der Waals surface area (Å²) in [5.74, 6) is 2.16. The Morgan fingerprint density at radius 3 is 1.84 bits per heavy atom. The predicted molar refractivity (Wildman–Crippen MR) is 187 cm³/mol. The quantitative estimate of drug-likeness (QED) is 0.157. The number of benzene rings is 2. The molecule has 8 rings (SSSR count). The van der Waals surface area contributed by atoms with Crippen LogP contribution in [0.4, 0.5) is 29.0 Å². The number of hydrogen-bond donors (Lipinski definition) is 5. The highest BCUT2D eigenvalue weighted by atomic mass is 35.5. The van der Waals surface area contributed by atoms with Crippen molar-refractivity contribution in [3.8, 4) is 22.9 Å². The first-order valence-electron chi connectivity index (χ1n) is 14.5. The number of rotatable bonds is 6. The van der Waals surface area contributed by atoms with Gasteiger partial charge >= 0.3 is 0 Å². The summed E-state index contributed by atoms with van der Waals surface area (Å²) in [5, 5.41) is 16.7. The molecule has 17 nitrogen and oxygen atoms in total. The van der Waals surface area contributed by atoms with Gasteiger partial charge in [-0.15, -0.1) is 22.6 Å². The van der Waals surface area contributed by atoms with E-state index in [0.29, 0.717) is 75.4 Å². The molecule has 0 amide bonds. The highest BCUT2D eigenvalue weighted by Gasteiger charge is 2.19. The van der Waals surface area contributed by atoms with Crippen LogP contribution in [0.25, 0.3) is 45.2 Å². The summed E-state index contributed by atoms with van der Waals surface area (Å²) < 4.78 is 14.3. The number of anilines is 5.